The summed E-state index contributed by atoms with van der Waals surface area (Å²) in [4.78, 5) is 0. The number of alkyl halides is 4. The highest BCUT2D eigenvalue weighted by Gasteiger charge is 2.29. The second-order valence-electron chi connectivity index (χ2n) is 4.59. The predicted octanol–water partition coefficient (Wildman–Crippen LogP) is 2.66. The Morgan fingerprint density at radius 2 is 1.94 bits per heavy atom. The van der Waals surface area contributed by atoms with Gasteiger partial charge in [0.25, 0.3) is 0 Å². The van der Waals surface area contributed by atoms with E-state index >= 15 is 0 Å². The highest BCUT2D eigenvalue weighted by molar-refractivity contribution is 7.89. The van der Waals surface area contributed by atoms with Gasteiger partial charge >= 0.3 is 6.18 Å². The summed E-state index contributed by atoms with van der Waals surface area (Å²) < 4.78 is 60.9. The molecule has 0 heterocycles. The molecule has 18 heavy (non-hydrogen) atoms. The molecule has 0 radical (unpaired) electrons. The molecule has 1 aliphatic rings. The summed E-state index contributed by atoms with van der Waals surface area (Å²) in [7, 11) is -3.62. The molecule has 1 N–H and O–H groups in total. The zero-order valence-corrected chi connectivity index (χ0v) is 11.4. The van der Waals surface area contributed by atoms with Crippen molar-refractivity contribution in [3.05, 3.63) is 0 Å². The van der Waals surface area contributed by atoms with E-state index in [2.05, 4.69) is 4.72 Å². The molecule has 0 spiro atoms. The van der Waals surface area contributed by atoms with Crippen LogP contribution in [0.3, 0.4) is 0 Å². The van der Waals surface area contributed by atoms with Gasteiger partial charge in [0.05, 0.1) is 5.75 Å². The summed E-state index contributed by atoms with van der Waals surface area (Å²) in [6.45, 7) is 0.225. The van der Waals surface area contributed by atoms with Crippen molar-refractivity contribution in [3.63, 3.8) is 0 Å². The van der Waals surface area contributed by atoms with Gasteiger partial charge in [-0.2, -0.15) is 13.2 Å². The first-order chi connectivity index (χ1) is 8.20. The number of sulfonamides is 1. The molecule has 1 fully saturated rings. The Labute approximate surface area is 110 Å². The van der Waals surface area contributed by atoms with Gasteiger partial charge in [-0.3, -0.25) is 0 Å². The Morgan fingerprint density at radius 3 is 2.44 bits per heavy atom. The first-order valence-corrected chi connectivity index (χ1v) is 7.97. The van der Waals surface area contributed by atoms with E-state index in [1.54, 1.807) is 0 Å². The second-order valence-corrected chi connectivity index (χ2v) is 7.08. The van der Waals surface area contributed by atoms with E-state index in [0.29, 0.717) is 0 Å². The molecule has 1 aliphatic carbocycles. The van der Waals surface area contributed by atoms with E-state index in [0.717, 1.165) is 19.3 Å². The van der Waals surface area contributed by atoms with Gasteiger partial charge in [0.1, 0.15) is 0 Å². The zero-order valence-electron chi connectivity index (χ0n) is 9.84. The smallest absolute Gasteiger partial charge is 0.215 e. The summed E-state index contributed by atoms with van der Waals surface area (Å²) in [5.41, 5.74) is 0. The van der Waals surface area contributed by atoms with Crippen LogP contribution in [0.15, 0.2) is 0 Å². The van der Waals surface area contributed by atoms with Gasteiger partial charge in [0.2, 0.25) is 10.0 Å². The number of hydrogen-bond acceptors (Lipinski definition) is 2. The van der Waals surface area contributed by atoms with Crippen molar-refractivity contribution < 1.29 is 21.6 Å². The largest absolute Gasteiger partial charge is 0.389 e. The van der Waals surface area contributed by atoms with Gasteiger partial charge < -0.3 is 0 Å². The molecule has 0 bridgehead atoms. The van der Waals surface area contributed by atoms with Crippen LogP contribution in [0.1, 0.15) is 32.1 Å². The van der Waals surface area contributed by atoms with Gasteiger partial charge in [0.15, 0.2) is 0 Å². The fraction of sp³-hybridized carbons (Fsp3) is 1.00. The first-order valence-electron chi connectivity index (χ1n) is 5.88. The number of rotatable bonds is 6. The Hall–Kier alpha value is -0.0100. The fourth-order valence-corrected chi connectivity index (χ4v) is 3.50. The summed E-state index contributed by atoms with van der Waals surface area (Å²) in [6.07, 6.45) is -3.10. The minimum atomic E-state index is -4.30. The van der Waals surface area contributed by atoms with Gasteiger partial charge in [-0.05, 0) is 25.2 Å². The van der Waals surface area contributed by atoms with Crippen molar-refractivity contribution in [1.29, 1.82) is 0 Å². The lowest BCUT2D eigenvalue weighted by Gasteiger charge is -2.14. The van der Waals surface area contributed by atoms with Crippen LogP contribution in [0.4, 0.5) is 13.2 Å². The van der Waals surface area contributed by atoms with E-state index in [4.69, 9.17) is 11.6 Å². The molecule has 2 unspecified atom stereocenters. The van der Waals surface area contributed by atoms with Crippen molar-refractivity contribution in [1.82, 2.24) is 4.72 Å². The van der Waals surface area contributed by atoms with Crippen molar-refractivity contribution in [2.45, 2.75) is 43.7 Å². The van der Waals surface area contributed by atoms with Gasteiger partial charge in [-0.25, -0.2) is 13.1 Å². The molecular weight excluding hydrogens is 291 g/mol. The molecule has 2 atom stereocenters. The van der Waals surface area contributed by atoms with Crippen molar-refractivity contribution in [2.24, 2.45) is 5.92 Å². The van der Waals surface area contributed by atoms with Crippen LogP contribution < -0.4 is 4.72 Å². The first kappa shape index (κ1) is 16.0. The van der Waals surface area contributed by atoms with E-state index < -0.39 is 34.8 Å². The predicted molar refractivity (Wildman–Crippen MR) is 64.1 cm³/mol. The van der Waals surface area contributed by atoms with Crippen LogP contribution in [-0.4, -0.2) is 32.3 Å². The molecule has 8 heteroatoms. The van der Waals surface area contributed by atoms with Crippen LogP contribution in [0.2, 0.25) is 0 Å². The van der Waals surface area contributed by atoms with E-state index in [1.165, 1.54) is 0 Å². The normalized spacial score (nSPS) is 25.6. The minimum absolute atomic E-state index is 0.0390. The maximum absolute atomic E-state index is 11.9. The van der Waals surface area contributed by atoms with Gasteiger partial charge in [-0.1, -0.05) is 6.42 Å². The number of hydrogen-bond donors (Lipinski definition) is 1. The third-order valence-electron chi connectivity index (χ3n) is 3.01. The molecule has 3 nitrogen and oxygen atoms in total. The minimum Gasteiger partial charge on any atom is -0.215 e. The molecule has 1 saturated carbocycles. The topological polar surface area (TPSA) is 46.2 Å². The highest BCUT2D eigenvalue weighted by Crippen LogP contribution is 2.29. The lowest BCUT2D eigenvalue weighted by molar-refractivity contribution is -0.134. The molecule has 0 aromatic rings. The molecular formula is C10H17ClF3NO2S. The van der Waals surface area contributed by atoms with Crippen LogP contribution >= 0.6 is 11.6 Å². The van der Waals surface area contributed by atoms with Gasteiger partial charge in [0, 0.05) is 18.3 Å². The maximum atomic E-state index is 11.9. The summed E-state index contributed by atoms with van der Waals surface area (Å²) in [6, 6.07) is 0. The standard InChI is InChI=1S/C10H17ClF3NO2S/c11-9-4-1-3-8(9)7-15-18(16,17)6-2-5-10(12,13)14/h8-9,15H,1-7H2. The van der Waals surface area contributed by atoms with Crippen LogP contribution in [-0.2, 0) is 10.0 Å². The zero-order chi connectivity index (χ0) is 13.8. The average molecular weight is 308 g/mol. The second kappa shape index (κ2) is 6.43. The molecule has 0 aliphatic heterocycles. The maximum Gasteiger partial charge on any atom is 0.389 e. The highest BCUT2D eigenvalue weighted by atomic mass is 35.5. The fourth-order valence-electron chi connectivity index (χ4n) is 1.99. The average Bonchev–Trinajstić information content (AvgIpc) is 2.59. The van der Waals surface area contributed by atoms with Crippen LogP contribution in [0.5, 0.6) is 0 Å². The van der Waals surface area contributed by atoms with Crippen molar-refractivity contribution in [3.8, 4) is 0 Å². The number of halogens is 4. The molecule has 1 rings (SSSR count). The monoisotopic (exact) mass is 307 g/mol. The van der Waals surface area contributed by atoms with Crippen LogP contribution in [0.25, 0.3) is 0 Å². The van der Waals surface area contributed by atoms with Crippen molar-refractivity contribution >= 4 is 21.6 Å². The summed E-state index contributed by atoms with van der Waals surface area (Å²) in [5, 5.41) is -0.0390. The summed E-state index contributed by atoms with van der Waals surface area (Å²) >= 11 is 5.99. The molecule has 0 aromatic carbocycles. The SMILES string of the molecule is O=S(=O)(CCCC(F)(F)F)NCC1CCCC1Cl. The third-order valence-corrected chi connectivity index (χ3v) is 5.01. The Bertz CT molecular complexity index is 359. The number of nitrogens with one attached hydrogen (secondary N) is 1. The quantitative estimate of drug-likeness (QED) is 0.767. The van der Waals surface area contributed by atoms with E-state index in [1.807, 2.05) is 0 Å². The van der Waals surface area contributed by atoms with Crippen molar-refractivity contribution in [2.75, 3.05) is 12.3 Å². The van der Waals surface area contributed by atoms with Gasteiger partial charge in [-0.15, -0.1) is 11.6 Å². The Morgan fingerprint density at radius 1 is 1.28 bits per heavy atom. The summed E-state index contributed by atoms with van der Waals surface area (Å²) in [5.74, 6) is -0.407. The lowest BCUT2D eigenvalue weighted by Crippen LogP contribution is -2.33. The lowest BCUT2D eigenvalue weighted by atomic mass is 10.1. The Kier molecular flexibility index (Phi) is 5.73. The molecule has 0 aromatic heterocycles. The van der Waals surface area contributed by atoms with E-state index in [9.17, 15) is 21.6 Å². The molecule has 0 amide bonds. The molecule has 108 valence electrons. The van der Waals surface area contributed by atoms with Crippen LogP contribution in [0, 0.1) is 5.92 Å². The van der Waals surface area contributed by atoms with E-state index in [-0.39, 0.29) is 17.8 Å². The third kappa shape index (κ3) is 6.24. The molecule has 0 saturated heterocycles. The Balaban J connectivity index is 2.27.